The van der Waals surface area contributed by atoms with E-state index in [1.807, 2.05) is 6.07 Å². The van der Waals surface area contributed by atoms with E-state index in [1.165, 1.54) is 10.4 Å². The van der Waals surface area contributed by atoms with E-state index in [4.69, 9.17) is 0 Å². The van der Waals surface area contributed by atoms with Gasteiger partial charge < -0.3 is 10.0 Å². The molecule has 0 aliphatic carbocycles. The van der Waals surface area contributed by atoms with Crippen LogP contribution in [0, 0.1) is 6.92 Å². The van der Waals surface area contributed by atoms with Crippen molar-refractivity contribution in [3.8, 4) is 0 Å². The largest absolute Gasteiger partial charge is 0.391 e. The van der Waals surface area contributed by atoms with Gasteiger partial charge in [-0.25, -0.2) is 0 Å². The van der Waals surface area contributed by atoms with Crippen molar-refractivity contribution in [2.75, 3.05) is 13.1 Å². The van der Waals surface area contributed by atoms with Crippen molar-refractivity contribution in [2.45, 2.75) is 45.1 Å². The minimum Gasteiger partial charge on any atom is -0.391 e. The van der Waals surface area contributed by atoms with Crippen LogP contribution in [0.3, 0.4) is 0 Å². The fraction of sp³-hybridized carbons (Fsp3) is 0.529. The zero-order chi connectivity index (χ0) is 16.6. The van der Waals surface area contributed by atoms with E-state index in [2.05, 4.69) is 42.4 Å². The Hall–Kier alpha value is -1.66. The minimum atomic E-state index is -0.520. The van der Waals surface area contributed by atoms with Crippen LogP contribution < -0.4 is 0 Å². The molecule has 124 valence electrons. The van der Waals surface area contributed by atoms with Gasteiger partial charge in [-0.1, -0.05) is 13.8 Å². The van der Waals surface area contributed by atoms with Gasteiger partial charge in [0.25, 0.3) is 5.91 Å². The van der Waals surface area contributed by atoms with Gasteiger partial charge in [0.05, 0.1) is 6.10 Å². The highest BCUT2D eigenvalue weighted by atomic mass is 32.1. The molecule has 1 amide bonds. The summed E-state index contributed by atoms with van der Waals surface area (Å²) in [5.74, 6) is 0.334. The Labute approximate surface area is 140 Å². The summed E-state index contributed by atoms with van der Waals surface area (Å²) >= 11 is 1.69. The van der Waals surface area contributed by atoms with Gasteiger partial charge >= 0.3 is 0 Å². The topological polar surface area (TPSA) is 69.2 Å². The standard InChI is InChI=1S/C17H23N3O2S/c1-10(2)13-8-14(19-18-13)17(22)20-6-4-12(15(21)9-20)16-11(3)5-7-23-16/h5,7-8,10,12,15,21H,4,6,9H2,1-3H3,(H,18,19)/t12-,15-/m1/s1. The Kier molecular flexibility index (Phi) is 4.55. The maximum absolute atomic E-state index is 12.6. The lowest BCUT2D eigenvalue weighted by Gasteiger charge is -2.35. The number of aromatic amines is 1. The van der Waals surface area contributed by atoms with E-state index in [9.17, 15) is 9.90 Å². The Morgan fingerprint density at radius 2 is 2.30 bits per heavy atom. The summed E-state index contributed by atoms with van der Waals surface area (Å²) in [6.45, 7) is 7.21. The number of H-pyrrole nitrogens is 1. The molecule has 0 aromatic carbocycles. The number of aliphatic hydroxyl groups is 1. The highest BCUT2D eigenvalue weighted by molar-refractivity contribution is 7.10. The predicted octanol–water partition coefficient (Wildman–Crippen LogP) is 2.89. The lowest BCUT2D eigenvalue weighted by molar-refractivity contribution is 0.0382. The van der Waals surface area contributed by atoms with Crippen LogP contribution in [0.4, 0.5) is 0 Å². The van der Waals surface area contributed by atoms with Gasteiger partial charge in [0.1, 0.15) is 5.69 Å². The van der Waals surface area contributed by atoms with Crippen LogP contribution in [-0.4, -0.2) is 45.3 Å². The molecule has 1 saturated heterocycles. The molecule has 3 heterocycles. The first-order valence-electron chi connectivity index (χ1n) is 8.04. The van der Waals surface area contributed by atoms with Crippen LogP contribution in [0.25, 0.3) is 0 Å². The highest BCUT2D eigenvalue weighted by Gasteiger charge is 2.33. The fourth-order valence-electron chi connectivity index (χ4n) is 3.09. The van der Waals surface area contributed by atoms with Crippen LogP contribution in [0.5, 0.6) is 0 Å². The van der Waals surface area contributed by atoms with E-state index in [0.717, 1.165) is 12.1 Å². The average molecular weight is 333 g/mol. The maximum Gasteiger partial charge on any atom is 0.274 e. The summed E-state index contributed by atoms with van der Waals surface area (Å²) < 4.78 is 0. The summed E-state index contributed by atoms with van der Waals surface area (Å²) in [6.07, 6.45) is 0.268. The molecule has 1 aliphatic heterocycles. The molecule has 0 saturated carbocycles. The molecular formula is C17H23N3O2S. The number of aryl methyl sites for hydroxylation is 1. The quantitative estimate of drug-likeness (QED) is 0.907. The molecule has 0 radical (unpaired) electrons. The predicted molar refractivity (Wildman–Crippen MR) is 91.0 cm³/mol. The number of carbonyl (C=O) groups is 1. The maximum atomic E-state index is 12.6. The molecule has 2 N–H and O–H groups in total. The zero-order valence-corrected chi connectivity index (χ0v) is 14.6. The monoisotopic (exact) mass is 333 g/mol. The summed E-state index contributed by atoms with van der Waals surface area (Å²) in [6, 6.07) is 3.90. The minimum absolute atomic E-state index is 0.103. The molecule has 1 aliphatic rings. The molecule has 0 unspecified atom stereocenters. The third-order valence-electron chi connectivity index (χ3n) is 4.55. The van der Waals surface area contributed by atoms with Gasteiger partial charge in [-0.3, -0.25) is 9.89 Å². The molecule has 3 rings (SSSR count). The van der Waals surface area contributed by atoms with Crippen LogP contribution in [-0.2, 0) is 0 Å². The van der Waals surface area contributed by atoms with Gasteiger partial charge in [-0.15, -0.1) is 11.3 Å². The van der Waals surface area contributed by atoms with Crippen molar-refractivity contribution in [2.24, 2.45) is 0 Å². The van der Waals surface area contributed by atoms with E-state index < -0.39 is 6.10 Å². The third kappa shape index (κ3) is 3.19. The molecule has 2 atom stereocenters. The molecule has 23 heavy (non-hydrogen) atoms. The molecule has 6 heteroatoms. The van der Waals surface area contributed by atoms with E-state index in [1.54, 1.807) is 16.2 Å². The van der Waals surface area contributed by atoms with Crippen molar-refractivity contribution in [3.63, 3.8) is 0 Å². The highest BCUT2D eigenvalue weighted by Crippen LogP contribution is 2.34. The van der Waals surface area contributed by atoms with Gasteiger partial charge in [0.2, 0.25) is 0 Å². The first-order valence-corrected chi connectivity index (χ1v) is 8.92. The fourth-order valence-corrected chi connectivity index (χ4v) is 4.21. The van der Waals surface area contributed by atoms with Crippen LogP contribution >= 0.6 is 11.3 Å². The Morgan fingerprint density at radius 1 is 1.52 bits per heavy atom. The molecular weight excluding hydrogens is 310 g/mol. The lowest BCUT2D eigenvalue weighted by atomic mass is 9.90. The van der Waals surface area contributed by atoms with Crippen molar-refractivity contribution in [3.05, 3.63) is 39.3 Å². The first-order chi connectivity index (χ1) is 11.0. The second-order valence-electron chi connectivity index (χ2n) is 6.54. The first kappa shape index (κ1) is 16.2. The number of likely N-dealkylation sites (tertiary alicyclic amines) is 1. The molecule has 1 fully saturated rings. The molecule has 2 aromatic rings. The smallest absolute Gasteiger partial charge is 0.274 e. The number of carbonyl (C=O) groups excluding carboxylic acids is 1. The number of β-amino-alcohol motifs (C(OH)–C–C–N with tert-alkyl or cyclic N) is 1. The SMILES string of the molecule is Cc1ccsc1[C@@H]1CCN(C(=O)c2cc(C(C)C)[nH]n2)C[C@H]1O. The van der Waals surface area contributed by atoms with E-state index >= 15 is 0 Å². The number of hydrogen-bond donors (Lipinski definition) is 2. The molecule has 0 bridgehead atoms. The number of aliphatic hydroxyl groups excluding tert-OH is 1. The summed E-state index contributed by atoms with van der Waals surface area (Å²) in [5.41, 5.74) is 2.62. The van der Waals surface area contributed by atoms with E-state index in [0.29, 0.717) is 24.7 Å². The van der Waals surface area contributed by atoms with Crippen molar-refractivity contribution in [1.29, 1.82) is 0 Å². The number of amides is 1. The van der Waals surface area contributed by atoms with Crippen LogP contribution in [0.15, 0.2) is 17.5 Å². The summed E-state index contributed by atoms with van der Waals surface area (Å²) in [7, 11) is 0. The second kappa shape index (κ2) is 6.45. The van der Waals surface area contributed by atoms with Crippen LogP contribution in [0.2, 0.25) is 0 Å². The number of rotatable bonds is 3. The van der Waals surface area contributed by atoms with Crippen molar-refractivity contribution < 1.29 is 9.90 Å². The second-order valence-corrected chi connectivity index (χ2v) is 7.49. The number of piperidine rings is 1. The number of nitrogens with one attached hydrogen (secondary N) is 1. The molecule has 0 spiro atoms. The van der Waals surface area contributed by atoms with Crippen molar-refractivity contribution in [1.82, 2.24) is 15.1 Å². The van der Waals surface area contributed by atoms with E-state index in [-0.39, 0.29) is 11.8 Å². The van der Waals surface area contributed by atoms with Gasteiger partial charge in [0, 0.05) is 29.6 Å². The van der Waals surface area contributed by atoms with Crippen LogP contribution in [0.1, 0.15) is 58.7 Å². The van der Waals surface area contributed by atoms with Crippen molar-refractivity contribution >= 4 is 17.2 Å². The third-order valence-corrected chi connectivity index (χ3v) is 5.70. The number of hydrogen-bond acceptors (Lipinski definition) is 4. The number of aromatic nitrogens is 2. The van der Waals surface area contributed by atoms with Gasteiger partial charge in [-0.05, 0) is 42.3 Å². The van der Waals surface area contributed by atoms with Gasteiger partial charge in [0.15, 0.2) is 0 Å². The average Bonchev–Trinajstić information content (AvgIpc) is 3.15. The Bertz CT molecular complexity index is 692. The number of nitrogens with zero attached hydrogens (tertiary/aromatic N) is 2. The molecule has 5 nitrogen and oxygen atoms in total. The molecule has 2 aromatic heterocycles. The Morgan fingerprint density at radius 3 is 2.87 bits per heavy atom. The summed E-state index contributed by atoms with van der Waals surface area (Å²) in [4.78, 5) is 15.5. The Balaban J connectivity index is 1.69. The number of thiophene rings is 1. The normalized spacial score (nSPS) is 21.9. The zero-order valence-electron chi connectivity index (χ0n) is 13.7. The van der Waals surface area contributed by atoms with Gasteiger partial charge in [-0.2, -0.15) is 5.10 Å². The lowest BCUT2D eigenvalue weighted by Crippen LogP contribution is -2.45. The summed E-state index contributed by atoms with van der Waals surface area (Å²) in [5, 5.41) is 19.6.